The van der Waals surface area contributed by atoms with Gasteiger partial charge in [0.1, 0.15) is 11.7 Å². The normalized spacial score (nSPS) is 20.8. The molecule has 3 atom stereocenters. The number of aliphatic hydroxyl groups is 1. The Hall–Kier alpha value is -4.62. The SMILES string of the molecule is COC(=O)C1=C(O)[C@H](C(=O)OC)[C@H](c2ccc(C)cc2)C(C#N)(C#N)[C@H]1c1cccc2ccccc12. The molecule has 0 radical (unpaired) electrons. The molecule has 0 fully saturated rings. The van der Waals surface area contributed by atoms with Crippen molar-refractivity contribution in [2.24, 2.45) is 11.3 Å². The molecule has 3 aromatic carbocycles. The summed E-state index contributed by atoms with van der Waals surface area (Å²) < 4.78 is 9.98. The summed E-state index contributed by atoms with van der Waals surface area (Å²) in [6.45, 7) is 1.88. The molecule has 1 aliphatic rings. The fourth-order valence-electron chi connectivity index (χ4n) is 5.28. The quantitative estimate of drug-likeness (QED) is 0.531. The molecular weight excluding hydrogens is 456 g/mol. The number of benzene rings is 3. The number of aryl methyl sites for hydroxylation is 1. The second-order valence-corrected chi connectivity index (χ2v) is 8.77. The smallest absolute Gasteiger partial charge is 0.337 e. The molecule has 1 aliphatic carbocycles. The largest absolute Gasteiger partial charge is 0.511 e. The van der Waals surface area contributed by atoms with Crippen molar-refractivity contribution in [1.82, 2.24) is 0 Å². The molecule has 7 nitrogen and oxygen atoms in total. The topological polar surface area (TPSA) is 120 Å². The van der Waals surface area contributed by atoms with Gasteiger partial charge in [0.2, 0.25) is 0 Å². The van der Waals surface area contributed by atoms with Crippen molar-refractivity contribution >= 4 is 22.7 Å². The standard InChI is InChI=1S/C29H24N2O5/c1-17-11-13-19(14-12-17)24-22(27(33)35-2)26(32)23(28(34)36-3)25(29(24,15-30)16-31)21-10-6-8-18-7-4-5-9-20(18)21/h4-14,22,24-25,32H,1-3H3/t22-,24+,25+/m1/s1. The predicted octanol–water partition coefficient (Wildman–Crippen LogP) is 4.84. The van der Waals surface area contributed by atoms with Crippen molar-refractivity contribution in [3.8, 4) is 12.1 Å². The zero-order chi connectivity index (χ0) is 26.0. The summed E-state index contributed by atoms with van der Waals surface area (Å²) in [4.78, 5) is 26.2. The number of carbonyl (C=O) groups is 2. The average molecular weight is 481 g/mol. The minimum absolute atomic E-state index is 0.310. The van der Waals surface area contributed by atoms with Crippen LogP contribution in [0, 0.1) is 40.9 Å². The van der Waals surface area contributed by atoms with E-state index in [2.05, 4.69) is 12.1 Å². The maximum atomic E-state index is 13.2. The molecule has 0 saturated heterocycles. The van der Waals surface area contributed by atoms with Crippen molar-refractivity contribution in [2.45, 2.75) is 18.8 Å². The average Bonchev–Trinajstić information content (AvgIpc) is 2.92. The van der Waals surface area contributed by atoms with Crippen LogP contribution in [0.2, 0.25) is 0 Å². The van der Waals surface area contributed by atoms with Crippen molar-refractivity contribution in [2.75, 3.05) is 14.2 Å². The zero-order valence-electron chi connectivity index (χ0n) is 20.1. The first-order valence-corrected chi connectivity index (χ1v) is 11.3. The lowest BCUT2D eigenvalue weighted by Crippen LogP contribution is -2.47. The number of fused-ring (bicyclic) bond motifs is 1. The maximum absolute atomic E-state index is 13.2. The molecule has 3 aromatic rings. The van der Waals surface area contributed by atoms with Crippen molar-refractivity contribution in [3.05, 3.63) is 94.8 Å². The van der Waals surface area contributed by atoms with Crippen LogP contribution in [-0.4, -0.2) is 31.3 Å². The van der Waals surface area contributed by atoms with Gasteiger partial charge in [0.25, 0.3) is 0 Å². The molecule has 4 rings (SSSR count). The molecule has 0 saturated carbocycles. The Bertz CT molecular complexity index is 1440. The van der Waals surface area contributed by atoms with Gasteiger partial charge in [-0.05, 0) is 28.8 Å². The number of hydrogen-bond acceptors (Lipinski definition) is 7. The van der Waals surface area contributed by atoms with Gasteiger partial charge in [-0.1, -0.05) is 72.3 Å². The molecule has 0 aliphatic heterocycles. The van der Waals surface area contributed by atoms with E-state index in [1.807, 2.05) is 37.3 Å². The number of nitrogens with zero attached hydrogens (tertiary/aromatic N) is 2. The highest BCUT2D eigenvalue weighted by Gasteiger charge is 2.61. The fraction of sp³-hybridized carbons (Fsp3) is 0.241. The molecule has 0 heterocycles. The first kappa shape index (κ1) is 24.5. The number of nitriles is 2. The summed E-state index contributed by atoms with van der Waals surface area (Å²) in [6, 6.07) is 24.1. The maximum Gasteiger partial charge on any atom is 0.337 e. The van der Waals surface area contributed by atoms with Crippen molar-refractivity contribution in [3.63, 3.8) is 0 Å². The van der Waals surface area contributed by atoms with Gasteiger partial charge in [-0.3, -0.25) is 4.79 Å². The zero-order valence-corrected chi connectivity index (χ0v) is 20.1. The molecule has 180 valence electrons. The molecular formula is C29H24N2O5. The highest BCUT2D eigenvalue weighted by molar-refractivity contribution is 5.96. The van der Waals surface area contributed by atoms with Gasteiger partial charge in [-0.2, -0.15) is 10.5 Å². The van der Waals surface area contributed by atoms with Crippen LogP contribution >= 0.6 is 0 Å². The van der Waals surface area contributed by atoms with Crippen LogP contribution in [0.15, 0.2) is 78.1 Å². The molecule has 0 bridgehead atoms. The molecule has 0 amide bonds. The summed E-state index contributed by atoms with van der Waals surface area (Å²) in [6.07, 6.45) is 0. The molecule has 36 heavy (non-hydrogen) atoms. The van der Waals surface area contributed by atoms with Gasteiger partial charge >= 0.3 is 11.9 Å². The lowest BCUT2D eigenvalue weighted by molar-refractivity contribution is -0.147. The van der Waals surface area contributed by atoms with E-state index in [1.54, 1.807) is 36.4 Å². The van der Waals surface area contributed by atoms with Crippen molar-refractivity contribution < 1.29 is 24.2 Å². The summed E-state index contributed by atoms with van der Waals surface area (Å²) in [5.41, 5.74) is -0.378. The van der Waals surface area contributed by atoms with Gasteiger partial charge in [0.15, 0.2) is 5.41 Å². The number of ether oxygens (including phenoxy) is 2. The van der Waals surface area contributed by atoms with E-state index in [4.69, 9.17) is 9.47 Å². The number of methoxy groups -OCH3 is 2. The molecule has 7 heteroatoms. The number of carbonyl (C=O) groups excluding carboxylic acids is 2. The first-order valence-electron chi connectivity index (χ1n) is 11.3. The lowest BCUT2D eigenvalue weighted by atomic mass is 9.53. The minimum Gasteiger partial charge on any atom is -0.511 e. The Balaban J connectivity index is 2.18. The van der Waals surface area contributed by atoms with E-state index in [0.29, 0.717) is 16.5 Å². The number of hydrogen-bond donors (Lipinski definition) is 1. The Morgan fingerprint density at radius 1 is 0.917 bits per heavy atom. The molecule has 0 aromatic heterocycles. The highest BCUT2D eigenvalue weighted by atomic mass is 16.5. The summed E-state index contributed by atoms with van der Waals surface area (Å²) in [5.74, 6) is -6.21. The molecule has 0 spiro atoms. The highest BCUT2D eigenvalue weighted by Crippen LogP contribution is 2.59. The van der Waals surface area contributed by atoms with Gasteiger partial charge in [0, 0.05) is 5.92 Å². The lowest BCUT2D eigenvalue weighted by Gasteiger charge is -2.44. The van der Waals surface area contributed by atoms with Crippen LogP contribution in [0.5, 0.6) is 0 Å². The third-order valence-electron chi connectivity index (χ3n) is 6.94. The van der Waals surface area contributed by atoms with Gasteiger partial charge in [0.05, 0.1) is 37.8 Å². The van der Waals surface area contributed by atoms with Crippen molar-refractivity contribution in [1.29, 1.82) is 10.5 Å². The van der Waals surface area contributed by atoms with Gasteiger partial charge in [-0.25, -0.2) is 4.79 Å². The van der Waals surface area contributed by atoms with Crippen LogP contribution in [0.4, 0.5) is 0 Å². The number of esters is 2. The van der Waals surface area contributed by atoms with E-state index in [0.717, 1.165) is 25.2 Å². The second-order valence-electron chi connectivity index (χ2n) is 8.77. The Labute approximate surface area is 208 Å². The first-order chi connectivity index (χ1) is 17.3. The minimum atomic E-state index is -1.98. The van der Waals surface area contributed by atoms with Crippen LogP contribution in [0.1, 0.15) is 28.5 Å². The van der Waals surface area contributed by atoms with E-state index >= 15 is 0 Å². The Morgan fingerprint density at radius 2 is 1.56 bits per heavy atom. The summed E-state index contributed by atoms with van der Waals surface area (Å²) >= 11 is 0. The third kappa shape index (κ3) is 3.66. The fourth-order valence-corrected chi connectivity index (χ4v) is 5.28. The van der Waals surface area contributed by atoms with Crippen LogP contribution in [0.25, 0.3) is 10.8 Å². The summed E-state index contributed by atoms with van der Waals surface area (Å²) in [5, 5.41) is 34.4. The summed E-state index contributed by atoms with van der Waals surface area (Å²) in [7, 11) is 2.29. The van der Waals surface area contributed by atoms with Gasteiger partial charge in [-0.15, -0.1) is 0 Å². The third-order valence-corrected chi connectivity index (χ3v) is 6.94. The number of rotatable bonds is 4. The monoisotopic (exact) mass is 480 g/mol. The van der Waals surface area contributed by atoms with E-state index in [9.17, 15) is 25.2 Å². The van der Waals surface area contributed by atoms with E-state index in [-0.39, 0.29) is 5.57 Å². The number of aliphatic hydroxyl groups excluding tert-OH is 1. The Kier molecular flexibility index (Phi) is 6.51. The van der Waals surface area contributed by atoms with E-state index < -0.39 is 40.9 Å². The van der Waals surface area contributed by atoms with Gasteiger partial charge < -0.3 is 14.6 Å². The van der Waals surface area contributed by atoms with E-state index in [1.165, 1.54) is 0 Å². The van der Waals surface area contributed by atoms with Crippen LogP contribution in [-0.2, 0) is 19.1 Å². The molecule has 1 N–H and O–H groups in total. The molecule has 0 unspecified atom stereocenters. The van der Waals surface area contributed by atoms with Crippen LogP contribution < -0.4 is 0 Å². The second kappa shape index (κ2) is 9.56. The van der Waals surface area contributed by atoms with Crippen LogP contribution in [0.3, 0.4) is 0 Å². The predicted molar refractivity (Wildman–Crippen MR) is 131 cm³/mol. The Morgan fingerprint density at radius 3 is 2.17 bits per heavy atom.